The van der Waals surface area contributed by atoms with Crippen molar-refractivity contribution >= 4 is 42.3 Å². The predicted molar refractivity (Wildman–Crippen MR) is 156 cm³/mol. The maximum absolute atomic E-state index is 2.41. The monoisotopic (exact) mass is 474 g/mol. The molecule has 1 heterocycles. The highest BCUT2D eigenvalue weighted by Crippen LogP contribution is 2.51. The topological polar surface area (TPSA) is 0 Å². The molecule has 0 radical (unpaired) electrons. The molecule has 0 fully saturated rings. The van der Waals surface area contributed by atoms with Crippen molar-refractivity contribution in [3.8, 4) is 33.4 Å². The van der Waals surface area contributed by atoms with Crippen LogP contribution in [0.1, 0.15) is 11.1 Å². The van der Waals surface area contributed by atoms with Gasteiger partial charge in [-0.05, 0) is 73.5 Å². The van der Waals surface area contributed by atoms with Crippen molar-refractivity contribution in [2.24, 2.45) is 0 Å². The number of thiophene rings is 1. The lowest BCUT2D eigenvalue weighted by molar-refractivity contribution is 1.29. The molecule has 0 unspecified atom stereocenters. The van der Waals surface area contributed by atoms with Crippen molar-refractivity contribution in [2.45, 2.75) is 6.42 Å². The van der Waals surface area contributed by atoms with Gasteiger partial charge in [-0.25, -0.2) is 0 Å². The van der Waals surface area contributed by atoms with Gasteiger partial charge < -0.3 is 0 Å². The molecule has 6 aromatic carbocycles. The fraction of sp³-hybridized carbons (Fsp3) is 0.0286. The molecule has 0 bridgehead atoms. The fourth-order valence-corrected chi connectivity index (χ4v) is 7.27. The molecule has 8 rings (SSSR count). The molecular formula is C35H22S. The third-order valence-electron chi connectivity index (χ3n) is 7.69. The van der Waals surface area contributed by atoms with Crippen LogP contribution < -0.4 is 0 Å². The van der Waals surface area contributed by atoms with Gasteiger partial charge in [-0.2, -0.15) is 0 Å². The van der Waals surface area contributed by atoms with Crippen LogP contribution in [0.5, 0.6) is 0 Å². The van der Waals surface area contributed by atoms with Crippen molar-refractivity contribution in [2.75, 3.05) is 0 Å². The van der Waals surface area contributed by atoms with Gasteiger partial charge in [-0.1, -0.05) is 103 Å². The molecule has 1 heteroatoms. The summed E-state index contributed by atoms with van der Waals surface area (Å²) in [6, 6.07) is 44.5. The van der Waals surface area contributed by atoms with Crippen molar-refractivity contribution in [1.82, 2.24) is 0 Å². The minimum absolute atomic E-state index is 0.999. The van der Waals surface area contributed by atoms with Crippen LogP contribution in [-0.2, 0) is 6.42 Å². The van der Waals surface area contributed by atoms with Gasteiger partial charge in [-0.15, -0.1) is 11.3 Å². The summed E-state index contributed by atoms with van der Waals surface area (Å²) >= 11 is 1.96. The minimum Gasteiger partial charge on any atom is -0.135 e. The first-order valence-electron chi connectivity index (χ1n) is 12.5. The normalized spacial score (nSPS) is 12.3. The maximum Gasteiger partial charge on any atom is 0.0403 e. The van der Waals surface area contributed by atoms with Crippen molar-refractivity contribution < 1.29 is 0 Å². The number of hydrogen-bond donors (Lipinski definition) is 0. The molecule has 0 atom stereocenters. The molecule has 1 aromatic heterocycles. The number of rotatable bonds is 2. The van der Waals surface area contributed by atoms with Gasteiger partial charge in [0.05, 0.1) is 0 Å². The van der Waals surface area contributed by atoms with Gasteiger partial charge >= 0.3 is 0 Å². The van der Waals surface area contributed by atoms with Crippen LogP contribution in [0.25, 0.3) is 64.3 Å². The van der Waals surface area contributed by atoms with Gasteiger partial charge in [0.25, 0.3) is 0 Å². The minimum atomic E-state index is 0.999. The summed E-state index contributed by atoms with van der Waals surface area (Å²) in [5, 5.41) is 5.52. The van der Waals surface area contributed by atoms with Gasteiger partial charge in [0.15, 0.2) is 0 Å². The van der Waals surface area contributed by atoms with E-state index in [1.807, 2.05) is 11.3 Å². The summed E-state index contributed by atoms with van der Waals surface area (Å²) in [4.78, 5) is 0. The average molecular weight is 475 g/mol. The third kappa shape index (κ3) is 2.87. The van der Waals surface area contributed by atoms with E-state index in [1.54, 1.807) is 0 Å². The maximum atomic E-state index is 2.41. The van der Waals surface area contributed by atoms with Gasteiger partial charge in [0, 0.05) is 26.6 Å². The van der Waals surface area contributed by atoms with Crippen LogP contribution in [0.2, 0.25) is 0 Å². The zero-order chi connectivity index (χ0) is 23.6. The van der Waals surface area contributed by atoms with E-state index in [0.717, 1.165) is 6.42 Å². The molecule has 7 aromatic rings. The Morgan fingerprint density at radius 1 is 0.500 bits per heavy atom. The van der Waals surface area contributed by atoms with E-state index in [2.05, 4.69) is 121 Å². The highest BCUT2D eigenvalue weighted by molar-refractivity contribution is 7.26. The van der Waals surface area contributed by atoms with Crippen LogP contribution >= 0.6 is 11.3 Å². The van der Waals surface area contributed by atoms with E-state index in [4.69, 9.17) is 0 Å². The predicted octanol–water partition coefficient (Wildman–Crippen LogP) is 10.1. The Bertz CT molecular complexity index is 1940. The fourth-order valence-electron chi connectivity index (χ4n) is 6.02. The number of benzene rings is 6. The molecule has 1 aliphatic carbocycles. The first kappa shape index (κ1) is 20.0. The second-order valence-corrected chi connectivity index (χ2v) is 10.7. The molecule has 0 amide bonds. The lowest BCUT2D eigenvalue weighted by Gasteiger charge is -2.11. The summed E-state index contributed by atoms with van der Waals surface area (Å²) in [5.41, 5.74) is 10.9. The molecule has 168 valence electrons. The lowest BCUT2D eigenvalue weighted by Crippen LogP contribution is -1.85. The van der Waals surface area contributed by atoms with Crippen LogP contribution in [0.15, 0.2) is 121 Å². The van der Waals surface area contributed by atoms with E-state index < -0.39 is 0 Å². The van der Waals surface area contributed by atoms with Gasteiger partial charge in [0.1, 0.15) is 0 Å². The molecule has 0 nitrogen and oxygen atoms in total. The van der Waals surface area contributed by atoms with Gasteiger partial charge in [-0.3, -0.25) is 0 Å². The Labute approximate surface area is 214 Å². The molecule has 0 aliphatic heterocycles. The molecular weight excluding hydrogens is 452 g/mol. The SMILES string of the molecule is c1ccc(-c2ccc3c(c2)-c2c(c4sc5ccc(-c6ccccc6)cc5c4c4ccccc24)C3)cc1. The van der Waals surface area contributed by atoms with Crippen molar-refractivity contribution in [3.63, 3.8) is 0 Å². The standard InChI is InChI=1S/C35H22S/c1-3-9-22(10-4-1)24-15-16-26-21-31-33(29(26)19-24)27-13-7-8-14-28(27)34-30-20-25(23-11-5-2-6-12-23)17-18-32(30)36-35(31)34/h1-20H,21H2. The molecule has 0 saturated heterocycles. The van der Waals surface area contributed by atoms with E-state index in [0.29, 0.717) is 0 Å². The summed E-state index contributed by atoms with van der Waals surface area (Å²) < 4.78 is 2.81. The highest BCUT2D eigenvalue weighted by Gasteiger charge is 2.26. The first-order valence-corrected chi connectivity index (χ1v) is 13.3. The third-order valence-corrected chi connectivity index (χ3v) is 8.92. The molecule has 0 saturated carbocycles. The van der Waals surface area contributed by atoms with Gasteiger partial charge in [0.2, 0.25) is 0 Å². The zero-order valence-corrected chi connectivity index (χ0v) is 20.5. The number of fused-ring (bicyclic) bond motifs is 10. The first-order chi connectivity index (χ1) is 17.8. The molecule has 0 N–H and O–H groups in total. The zero-order valence-electron chi connectivity index (χ0n) is 19.7. The summed E-state index contributed by atoms with van der Waals surface area (Å²) in [6.45, 7) is 0. The Balaban J connectivity index is 1.43. The van der Waals surface area contributed by atoms with Crippen LogP contribution in [0.3, 0.4) is 0 Å². The van der Waals surface area contributed by atoms with Crippen molar-refractivity contribution in [1.29, 1.82) is 0 Å². The van der Waals surface area contributed by atoms with E-state index in [9.17, 15) is 0 Å². The Morgan fingerprint density at radius 3 is 1.89 bits per heavy atom. The van der Waals surface area contributed by atoms with Crippen molar-refractivity contribution in [3.05, 3.63) is 132 Å². The molecule has 1 aliphatic rings. The molecule has 36 heavy (non-hydrogen) atoms. The summed E-state index contributed by atoms with van der Waals surface area (Å²) in [5.74, 6) is 0. The quantitative estimate of drug-likeness (QED) is 0.234. The summed E-state index contributed by atoms with van der Waals surface area (Å²) in [6.07, 6.45) is 0.999. The van der Waals surface area contributed by atoms with E-state index in [-0.39, 0.29) is 0 Å². The largest absolute Gasteiger partial charge is 0.135 e. The van der Waals surface area contributed by atoms with E-state index in [1.165, 1.54) is 75.5 Å². The Morgan fingerprint density at radius 2 is 1.14 bits per heavy atom. The lowest BCUT2D eigenvalue weighted by atomic mass is 9.92. The Hall–Kier alpha value is -4.20. The average Bonchev–Trinajstić information content (AvgIpc) is 3.52. The van der Waals surface area contributed by atoms with Crippen LogP contribution in [0.4, 0.5) is 0 Å². The van der Waals surface area contributed by atoms with Crippen LogP contribution in [-0.4, -0.2) is 0 Å². The second kappa shape index (κ2) is 7.65. The highest BCUT2D eigenvalue weighted by atomic mass is 32.1. The summed E-state index contributed by atoms with van der Waals surface area (Å²) in [7, 11) is 0. The van der Waals surface area contributed by atoms with Crippen LogP contribution in [0, 0.1) is 0 Å². The molecule has 0 spiro atoms. The number of hydrogen-bond acceptors (Lipinski definition) is 1. The second-order valence-electron chi connectivity index (χ2n) is 9.70. The smallest absolute Gasteiger partial charge is 0.0403 e. The Kier molecular flexibility index (Phi) is 4.26. The van der Waals surface area contributed by atoms with E-state index >= 15 is 0 Å².